The van der Waals surface area contributed by atoms with Gasteiger partial charge in [-0.15, -0.1) is 0 Å². The summed E-state index contributed by atoms with van der Waals surface area (Å²) in [7, 11) is 2.00. The average Bonchev–Trinajstić information content (AvgIpc) is 2.84. The lowest BCUT2D eigenvalue weighted by Crippen LogP contribution is -2.15. The number of nitrogens with one attached hydrogen (secondary N) is 1. The van der Waals surface area contributed by atoms with Gasteiger partial charge in [0.2, 0.25) is 0 Å². The van der Waals surface area contributed by atoms with Crippen LogP contribution in [-0.2, 0) is 17.8 Å². The quantitative estimate of drug-likeness (QED) is 0.753. The van der Waals surface area contributed by atoms with Gasteiger partial charge < -0.3 is 14.6 Å². The van der Waals surface area contributed by atoms with Gasteiger partial charge in [0, 0.05) is 38.2 Å². The summed E-state index contributed by atoms with van der Waals surface area (Å²) in [4.78, 5) is 0. The van der Waals surface area contributed by atoms with Gasteiger partial charge in [-0.3, -0.25) is 0 Å². The molecular weight excluding hydrogens is 224 g/mol. The number of aryl methyl sites for hydroxylation is 1. The van der Waals surface area contributed by atoms with Gasteiger partial charge in [0.25, 0.3) is 0 Å². The molecule has 0 spiro atoms. The third-order valence-corrected chi connectivity index (χ3v) is 3.88. The number of nitrogens with zero attached hydrogens (tertiary/aromatic N) is 1. The Balaban J connectivity index is 1.63. The third-order valence-electron chi connectivity index (χ3n) is 3.88. The highest BCUT2D eigenvalue weighted by atomic mass is 16.5. The van der Waals surface area contributed by atoms with Crippen molar-refractivity contribution >= 4 is 0 Å². The molecular formula is C15H26N2O. The highest BCUT2D eigenvalue weighted by Gasteiger charge is 2.12. The van der Waals surface area contributed by atoms with Gasteiger partial charge >= 0.3 is 0 Å². The minimum Gasteiger partial charge on any atom is -0.381 e. The number of hydrogen-bond donors (Lipinski definition) is 1. The van der Waals surface area contributed by atoms with E-state index in [2.05, 4.69) is 28.2 Å². The highest BCUT2D eigenvalue weighted by Crippen LogP contribution is 2.21. The zero-order valence-corrected chi connectivity index (χ0v) is 11.5. The Labute approximate surface area is 111 Å². The molecule has 3 heteroatoms. The van der Waals surface area contributed by atoms with E-state index in [0.29, 0.717) is 0 Å². The van der Waals surface area contributed by atoms with Gasteiger partial charge in [-0.1, -0.05) is 12.8 Å². The number of hydrogen-bond acceptors (Lipinski definition) is 2. The fraction of sp³-hybridized carbons (Fsp3) is 0.733. The van der Waals surface area contributed by atoms with Crippen molar-refractivity contribution in [1.82, 2.24) is 9.88 Å². The van der Waals surface area contributed by atoms with Crippen LogP contribution in [0.5, 0.6) is 0 Å². The van der Waals surface area contributed by atoms with Crippen LogP contribution in [0, 0.1) is 5.92 Å². The second-order valence-electron chi connectivity index (χ2n) is 5.27. The lowest BCUT2D eigenvalue weighted by atomic mass is 9.94. The van der Waals surface area contributed by atoms with Gasteiger partial charge in [-0.2, -0.15) is 0 Å². The molecule has 1 fully saturated rings. The molecule has 3 nitrogen and oxygen atoms in total. The van der Waals surface area contributed by atoms with Crippen LogP contribution >= 0.6 is 0 Å². The molecule has 0 radical (unpaired) electrons. The Bertz CT molecular complexity index is 329. The maximum Gasteiger partial charge on any atom is 0.0468 e. The van der Waals surface area contributed by atoms with Gasteiger partial charge in [-0.05, 0) is 44.4 Å². The minimum atomic E-state index is 0.917. The van der Waals surface area contributed by atoms with Crippen molar-refractivity contribution in [2.24, 2.45) is 5.92 Å². The normalized spacial score (nSPS) is 17.2. The molecule has 0 aliphatic carbocycles. The zero-order valence-electron chi connectivity index (χ0n) is 11.5. The summed E-state index contributed by atoms with van der Waals surface area (Å²) >= 11 is 0. The van der Waals surface area contributed by atoms with Crippen LogP contribution in [0.2, 0.25) is 0 Å². The first-order valence-corrected chi connectivity index (χ1v) is 7.26. The van der Waals surface area contributed by atoms with Crippen LogP contribution in [0.25, 0.3) is 0 Å². The van der Waals surface area contributed by atoms with Crippen molar-refractivity contribution in [3.8, 4) is 0 Å². The number of ether oxygens (including phenoxy) is 1. The molecule has 0 amide bonds. The molecule has 1 saturated heterocycles. The maximum absolute atomic E-state index is 5.40. The molecule has 18 heavy (non-hydrogen) atoms. The minimum absolute atomic E-state index is 0.917. The van der Waals surface area contributed by atoms with Crippen molar-refractivity contribution in [2.75, 3.05) is 20.3 Å². The molecule has 1 aliphatic rings. The second-order valence-corrected chi connectivity index (χ2v) is 5.27. The van der Waals surface area contributed by atoms with Gasteiger partial charge in [0.1, 0.15) is 0 Å². The van der Waals surface area contributed by atoms with E-state index in [1.54, 1.807) is 0 Å². The van der Waals surface area contributed by atoms with Gasteiger partial charge in [-0.25, -0.2) is 0 Å². The molecule has 0 aromatic carbocycles. The van der Waals surface area contributed by atoms with E-state index in [9.17, 15) is 0 Å². The summed E-state index contributed by atoms with van der Waals surface area (Å²) < 4.78 is 7.77. The van der Waals surface area contributed by atoms with E-state index in [0.717, 1.165) is 32.2 Å². The molecule has 1 aromatic rings. The number of unbranched alkanes of at least 4 members (excludes halogenated alkanes) is 1. The lowest BCUT2D eigenvalue weighted by molar-refractivity contribution is 0.0630. The van der Waals surface area contributed by atoms with E-state index in [-0.39, 0.29) is 0 Å². The summed E-state index contributed by atoms with van der Waals surface area (Å²) in [5.41, 5.74) is 1.39. The molecule has 1 aliphatic heterocycles. The first-order chi connectivity index (χ1) is 8.90. The summed E-state index contributed by atoms with van der Waals surface area (Å²) in [6, 6.07) is 4.35. The fourth-order valence-electron chi connectivity index (χ4n) is 2.76. The smallest absolute Gasteiger partial charge is 0.0468 e. The molecule has 1 aromatic heterocycles. The van der Waals surface area contributed by atoms with Crippen LogP contribution in [0.4, 0.5) is 0 Å². The monoisotopic (exact) mass is 250 g/mol. The summed E-state index contributed by atoms with van der Waals surface area (Å²) in [6.07, 6.45) is 8.76. The van der Waals surface area contributed by atoms with E-state index in [1.807, 2.05) is 7.05 Å². The highest BCUT2D eigenvalue weighted by molar-refractivity contribution is 5.06. The molecule has 0 bridgehead atoms. The SMILES string of the molecule is CNCc1cccn1CCCCC1CCOCC1. The van der Waals surface area contributed by atoms with Crippen LogP contribution < -0.4 is 5.32 Å². The Morgan fingerprint density at radius 2 is 2.17 bits per heavy atom. The van der Waals surface area contributed by atoms with Crippen LogP contribution in [0.1, 0.15) is 37.8 Å². The van der Waals surface area contributed by atoms with E-state index < -0.39 is 0 Å². The number of rotatable bonds is 7. The predicted octanol–water partition coefficient (Wildman–Crippen LogP) is 2.80. The van der Waals surface area contributed by atoms with Crippen LogP contribution in [-0.4, -0.2) is 24.8 Å². The average molecular weight is 250 g/mol. The van der Waals surface area contributed by atoms with E-state index >= 15 is 0 Å². The Hall–Kier alpha value is -0.800. The molecule has 2 heterocycles. The Morgan fingerprint density at radius 3 is 2.94 bits per heavy atom. The topological polar surface area (TPSA) is 26.2 Å². The second kappa shape index (κ2) is 7.59. The number of aromatic nitrogens is 1. The van der Waals surface area contributed by atoms with Crippen LogP contribution in [0.15, 0.2) is 18.3 Å². The molecule has 0 unspecified atom stereocenters. The molecule has 0 atom stereocenters. The Morgan fingerprint density at radius 1 is 1.33 bits per heavy atom. The van der Waals surface area contributed by atoms with Crippen LogP contribution in [0.3, 0.4) is 0 Å². The maximum atomic E-state index is 5.40. The van der Waals surface area contributed by atoms with Crippen molar-refractivity contribution < 1.29 is 4.74 Å². The third kappa shape index (κ3) is 4.14. The van der Waals surface area contributed by atoms with Crippen molar-refractivity contribution in [2.45, 2.75) is 45.2 Å². The molecule has 102 valence electrons. The Kier molecular flexibility index (Phi) is 5.75. The summed E-state index contributed by atoms with van der Waals surface area (Å²) in [5, 5.41) is 3.22. The van der Waals surface area contributed by atoms with Gasteiger partial charge in [0.15, 0.2) is 0 Å². The van der Waals surface area contributed by atoms with Crippen molar-refractivity contribution in [3.63, 3.8) is 0 Å². The van der Waals surface area contributed by atoms with Crippen molar-refractivity contribution in [1.29, 1.82) is 0 Å². The van der Waals surface area contributed by atoms with E-state index in [1.165, 1.54) is 37.8 Å². The predicted molar refractivity (Wildman–Crippen MR) is 74.6 cm³/mol. The molecule has 2 rings (SSSR count). The summed E-state index contributed by atoms with van der Waals surface area (Å²) in [6.45, 7) is 4.09. The fourth-order valence-corrected chi connectivity index (χ4v) is 2.76. The molecule has 0 saturated carbocycles. The van der Waals surface area contributed by atoms with Gasteiger partial charge in [0.05, 0.1) is 0 Å². The van der Waals surface area contributed by atoms with E-state index in [4.69, 9.17) is 4.74 Å². The van der Waals surface area contributed by atoms with Crippen molar-refractivity contribution in [3.05, 3.63) is 24.0 Å². The first-order valence-electron chi connectivity index (χ1n) is 7.26. The zero-order chi connectivity index (χ0) is 12.6. The lowest BCUT2D eigenvalue weighted by Gasteiger charge is -2.21. The standard InChI is InChI=1S/C15H26N2O/c1-16-13-15-6-4-10-17(15)9-3-2-5-14-7-11-18-12-8-14/h4,6,10,14,16H,2-3,5,7-9,11-13H2,1H3. The molecule has 1 N–H and O–H groups in total. The summed E-state index contributed by atoms with van der Waals surface area (Å²) in [5.74, 6) is 0.917. The first kappa shape index (κ1) is 13.6. The largest absolute Gasteiger partial charge is 0.381 e.